The van der Waals surface area contributed by atoms with Crippen LogP contribution in [0.2, 0.25) is 0 Å². The van der Waals surface area contributed by atoms with E-state index < -0.39 is 11.6 Å². The van der Waals surface area contributed by atoms with Crippen LogP contribution < -0.4 is 10.6 Å². The number of carbonyl (C=O) groups excluding carboxylic acids is 3. The zero-order valence-corrected chi connectivity index (χ0v) is 20.2. The molecule has 1 spiro atoms. The van der Waals surface area contributed by atoms with Gasteiger partial charge in [0.1, 0.15) is 17.9 Å². The number of hydrogen-bond acceptors (Lipinski definition) is 4. The van der Waals surface area contributed by atoms with Crippen LogP contribution in [0, 0.1) is 17.3 Å². The summed E-state index contributed by atoms with van der Waals surface area (Å²) in [7, 11) is 0. The Hall–Kier alpha value is -2.90. The van der Waals surface area contributed by atoms with E-state index in [1.807, 2.05) is 24.3 Å². The smallest absolute Gasteiger partial charge is 0.325 e. The van der Waals surface area contributed by atoms with E-state index in [1.54, 1.807) is 0 Å². The first-order valence-electron chi connectivity index (χ1n) is 11.9. The van der Waals surface area contributed by atoms with Gasteiger partial charge in [0.05, 0.1) is 17.1 Å². The first-order valence-corrected chi connectivity index (χ1v) is 11.9. The number of imidazole rings is 1. The molecule has 8 nitrogen and oxygen atoms in total. The van der Waals surface area contributed by atoms with E-state index in [9.17, 15) is 14.4 Å². The van der Waals surface area contributed by atoms with Crippen molar-refractivity contribution in [2.24, 2.45) is 17.3 Å². The lowest BCUT2D eigenvalue weighted by Crippen LogP contribution is -2.54. The first-order chi connectivity index (χ1) is 15.5. The predicted molar refractivity (Wildman–Crippen MR) is 126 cm³/mol. The summed E-state index contributed by atoms with van der Waals surface area (Å²) in [5.74, 6) is 0.649. The van der Waals surface area contributed by atoms with Crippen molar-refractivity contribution in [1.82, 2.24) is 25.5 Å². The number of hydrogen-bond donors (Lipinski definition) is 3. The molecule has 1 saturated carbocycles. The van der Waals surface area contributed by atoms with Crippen LogP contribution in [-0.2, 0) is 9.59 Å². The number of amides is 4. The largest absolute Gasteiger partial charge is 0.345 e. The molecule has 3 unspecified atom stereocenters. The number of carbonyl (C=O) groups is 3. The van der Waals surface area contributed by atoms with Gasteiger partial charge in [0, 0.05) is 0 Å². The number of H-pyrrole nitrogens is 1. The summed E-state index contributed by atoms with van der Waals surface area (Å²) in [5, 5.41) is 5.94. The van der Waals surface area contributed by atoms with Crippen molar-refractivity contribution in [3.8, 4) is 0 Å². The lowest BCUT2D eigenvalue weighted by molar-refractivity contribution is -0.137. The number of benzene rings is 1. The third-order valence-corrected chi connectivity index (χ3v) is 6.71. The highest BCUT2D eigenvalue weighted by atomic mass is 16.2. The summed E-state index contributed by atoms with van der Waals surface area (Å²) in [6, 6.07) is 6.89. The minimum Gasteiger partial charge on any atom is -0.345 e. The summed E-state index contributed by atoms with van der Waals surface area (Å²) >= 11 is 0. The second-order valence-electron chi connectivity index (χ2n) is 11.1. The van der Waals surface area contributed by atoms with E-state index in [4.69, 9.17) is 0 Å². The molecule has 2 fully saturated rings. The van der Waals surface area contributed by atoms with E-state index in [0.29, 0.717) is 36.9 Å². The number of aromatic nitrogens is 2. The molecule has 2 aromatic rings. The maximum absolute atomic E-state index is 13.4. The summed E-state index contributed by atoms with van der Waals surface area (Å²) in [5.41, 5.74) is 0.776. The number of urea groups is 1. The van der Waals surface area contributed by atoms with Gasteiger partial charge >= 0.3 is 6.03 Å². The number of rotatable bonds is 6. The maximum atomic E-state index is 13.4. The van der Waals surface area contributed by atoms with Gasteiger partial charge in [-0.2, -0.15) is 0 Å². The van der Waals surface area contributed by atoms with E-state index >= 15 is 0 Å². The number of nitrogens with zero attached hydrogens (tertiary/aromatic N) is 2. The number of fused-ring (bicyclic) bond motifs is 1. The van der Waals surface area contributed by atoms with Gasteiger partial charge in [0.2, 0.25) is 5.91 Å². The van der Waals surface area contributed by atoms with Gasteiger partial charge in [-0.3, -0.25) is 14.5 Å². The van der Waals surface area contributed by atoms with Crippen LogP contribution in [0.15, 0.2) is 24.3 Å². The highest BCUT2D eigenvalue weighted by molar-refractivity contribution is 6.09. The fourth-order valence-corrected chi connectivity index (χ4v) is 5.88. The fourth-order valence-electron chi connectivity index (χ4n) is 5.88. The summed E-state index contributed by atoms with van der Waals surface area (Å²) < 4.78 is 0. The fraction of sp³-hybridized carbons (Fsp3) is 0.600. The van der Waals surface area contributed by atoms with Gasteiger partial charge in [-0.1, -0.05) is 46.8 Å². The average molecular weight is 454 g/mol. The molecule has 2 heterocycles. The van der Waals surface area contributed by atoms with Crippen LogP contribution in [0.4, 0.5) is 4.79 Å². The van der Waals surface area contributed by atoms with Gasteiger partial charge in [0.25, 0.3) is 5.91 Å². The standard InChI is InChI=1S/C25H35N5O3/c1-15(2)10-19(21-27-17-8-6-7-9-18(17)28-21)26-20(31)13-30-22(32)25(29-23(30)33)12-16(3)11-24(4,5)14-25/h6-9,15-16,19H,10-14H2,1-5H3,(H,26,31)(H,27,28)(H,29,33). The monoisotopic (exact) mass is 453 g/mol. The molecule has 4 amide bonds. The molecule has 1 aromatic heterocycles. The van der Waals surface area contributed by atoms with Crippen molar-refractivity contribution >= 4 is 28.9 Å². The Bertz CT molecular complexity index is 1040. The second-order valence-corrected chi connectivity index (χ2v) is 11.1. The molecule has 1 aromatic carbocycles. The molecule has 8 heteroatoms. The van der Waals surface area contributed by atoms with Gasteiger partial charge < -0.3 is 15.6 Å². The molecule has 3 N–H and O–H groups in total. The van der Waals surface area contributed by atoms with Crippen molar-refractivity contribution in [1.29, 1.82) is 0 Å². The quantitative estimate of drug-likeness (QED) is 0.577. The highest BCUT2D eigenvalue weighted by Crippen LogP contribution is 2.46. The molecule has 0 bridgehead atoms. The van der Waals surface area contributed by atoms with Crippen molar-refractivity contribution < 1.29 is 14.4 Å². The normalized spacial score (nSPS) is 25.6. The van der Waals surface area contributed by atoms with Crippen LogP contribution in [0.1, 0.15) is 72.2 Å². The molecule has 1 aliphatic heterocycles. The number of para-hydroxylation sites is 2. The van der Waals surface area contributed by atoms with E-state index in [2.05, 4.69) is 55.2 Å². The Kier molecular flexibility index (Phi) is 5.97. The molecule has 33 heavy (non-hydrogen) atoms. The summed E-state index contributed by atoms with van der Waals surface area (Å²) in [4.78, 5) is 48.1. The van der Waals surface area contributed by atoms with E-state index in [-0.39, 0.29) is 29.8 Å². The number of imide groups is 1. The molecule has 0 radical (unpaired) electrons. The van der Waals surface area contributed by atoms with Crippen molar-refractivity contribution in [3.05, 3.63) is 30.1 Å². The van der Waals surface area contributed by atoms with Crippen LogP contribution in [0.5, 0.6) is 0 Å². The Morgan fingerprint density at radius 3 is 2.64 bits per heavy atom. The SMILES string of the molecule is CC(C)CC(NC(=O)CN1C(=O)NC2(CC(C)CC(C)(C)C2)C1=O)c1nc2ccccc2[nH]1. The van der Waals surface area contributed by atoms with E-state index in [0.717, 1.165) is 22.4 Å². The lowest BCUT2D eigenvalue weighted by atomic mass is 9.64. The molecule has 178 valence electrons. The summed E-state index contributed by atoms with van der Waals surface area (Å²) in [6.07, 6.45) is 2.88. The second kappa shape index (κ2) is 8.47. The minimum absolute atomic E-state index is 0.0530. The minimum atomic E-state index is -0.908. The average Bonchev–Trinajstić information content (AvgIpc) is 3.21. The molecule has 1 aliphatic carbocycles. The zero-order chi connectivity index (χ0) is 24.0. The van der Waals surface area contributed by atoms with Gasteiger partial charge in [-0.25, -0.2) is 9.78 Å². The first kappa shape index (κ1) is 23.3. The van der Waals surface area contributed by atoms with Crippen molar-refractivity contribution in [3.63, 3.8) is 0 Å². The van der Waals surface area contributed by atoms with Crippen molar-refractivity contribution in [2.45, 2.75) is 71.9 Å². The molecule has 1 saturated heterocycles. The Labute approximate surface area is 194 Å². The Morgan fingerprint density at radius 1 is 1.24 bits per heavy atom. The van der Waals surface area contributed by atoms with Crippen LogP contribution >= 0.6 is 0 Å². The van der Waals surface area contributed by atoms with E-state index in [1.165, 1.54) is 0 Å². The third kappa shape index (κ3) is 4.75. The number of nitrogens with one attached hydrogen (secondary N) is 3. The molecule has 4 rings (SSSR count). The third-order valence-electron chi connectivity index (χ3n) is 6.71. The van der Waals surface area contributed by atoms with Crippen molar-refractivity contribution in [2.75, 3.05) is 6.54 Å². The zero-order valence-electron chi connectivity index (χ0n) is 20.2. The van der Waals surface area contributed by atoms with Gasteiger partial charge in [-0.05, 0) is 55.1 Å². The lowest BCUT2D eigenvalue weighted by Gasteiger charge is -2.43. The predicted octanol–water partition coefficient (Wildman–Crippen LogP) is 3.90. The van der Waals surface area contributed by atoms with Crippen LogP contribution in [-0.4, -0.2) is 44.8 Å². The number of aromatic amines is 1. The van der Waals surface area contributed by atoms with Crippen LogP contribution in [0.3, 0.4) is 0 Å². The molecule has 3 atom stereocenters. The topological polar surface area (TPSA) is 107 Å². The summed E-state index contributed by atoms with van der Waals surface area (Å²) in [6.45, 7) is 10.2. The molecular formula is C25H35N5O3. The molecule has 2 aliphatic rings. The molecular weight excluding hydrogens is 418 g/mol. The Balaban J connectivity index is 1.49. The van der Waals surface area contributed by atoms with Gasteiger partial charge in [-0.15, -0.1) is 0 Å². The Morgan fingerprint density at radius 2 is 1.97 bits per heavy atom. The highest BCUT2D eigenvalue weighted by Gasteiger charge is 2.56. The van der Waals surface area contributed by atoms with Gasteiger partial charge in [0.15, 0.2) is 0 Å². The maximum Gasteiger partial charge on any atom is 0.325 e. The van der Waals surface area contributed by atoms with Crippen LogP contribution in [0.25, 0.3) is 11.0 Å².